The quantitative estimate of drug-likeness (QED) is 0.570. The lowest BCUT2D eigenvalue weighted by Gasteiger charge is -2.15. The number of nitrogens with zero attached hydrogens (tertiary/aromatic N) is 3. The molecule has 1 N–H and O–H groups in total. The Bertz CT molecular complexity index is 1080. The summed E-state index contributed by atoms with van der Waals surface area (Å²) in [5.41, 5.74) is 0.436. The van der Waals surface area contributed by atoms with Crippen molar-refractivity contribution >= 4 is 11.9 Å². The Morgan fingerprint density at radius 3 is 2.48 bits per heavy atom. The van der Waals surface area contributed by atoms with Crippen LogP contribution in [0.15, 0.2) is 41.1 Å². The van der Waals surface area contributed by atoms with Crippen LogP contribution in [-0.2, 0) is 4.79 Å². The standard InChI is InChI=1S/C21H21FN4O5/c1-11(2)21(28)30-17-15(29-4)9-10-23-16(17)19(27)24-12(3)20-25-18(26-31-20)13-5-7-14(22)8-6-13/h5-12H,1-4H3,(H,24,27)/t12-/m0/s1. The van der Waals surface area contributed by atoms with E-state index in [-0.39, 0.29) is 34.7 Å². The minimum absolute atomic E-state index is 0.0778. The maximum atomic E-state index is 13.1. The number of benzene rings is 1. The molecule has 0 unspecified atom stereocenters. The van der Waals surface area contributed by atoms with Crippen molar-refractivity contribution < 1.29 is 28.0 Å². The molecule has 0 bridgehead atoms. The summed E-state index contributed by atoms with van der Waals surface area (Å²) in [6.45, 7) is 4.97. The van der Waals surface area contributed by atoms with Crippen molar-refractivity contribution in [3.63, 3.8) is 0 Å². The van der Waals surface area contributed by atoms with Crippen molar-refractivity contribution in [2.24, 2.45) is 5.92 Å². The number of halogens is 1. The van der Waals surface area contributed by atoms with Crippen molar-refractivity contribution in [1.29, 1.82) is 0 Å². The van der Waals surface area contributed by atoms with Gasteiger partial charge in [0.25, 0.3) is 5.91 Å². The Labute approximate surface area is 177 Å². The second-order valence-corrected chi connectivity index (χ2v) is 6.93. The molecule has 0 aliphatic carbocycles. The first-order valence-corrected chi connectivity index (χ1v) is 9.45. The van der Waals surface area contributed by atoms with Gasteiger partial charge in [0.1, 0.15) is 11.9 Å². The van der Waals surface area contributed by atoms with Crippen LogP contribution < -0.4 is 14.8 Å². The summed E-state index contributed by atoms with van der Waals surface area (Å²) in [6.07, 6.45) is 1.37. The summed E-state index contributed by atoms with van der Waals surface area (Å²) in [6, 6.07) is 6.40. The molecular weight excluding hydrogens is 407 g/mol. The molecular formula is C21H21FN4O5. The van der Waals surface area contributed by atoms with E-state index in [1.54, 1.807) is 20.8 Å². The zero-order chi connectivity index (χ0) is 22.5. The number of hydrogen-bond donors (Lipinski definition) is 1. The van der Waals surface area contributed by atoms with Gasteiger partial charge < -0.3 is 19.3 Å². The van der Waals surface area contributed by atoms with Gasteiger partial charge in [-0.25, -0.2) is 9.37 Å². The molecule has 0 spiro atoms. The summed E-state index contributed by atoms with van der Waals surface area (Å²) < 4.78 is 28.9. The highest BCUT2D eigenvalue weighted by Crippen LogP contribution is 2.30. The zero-order valence-corrected chi connectivity index (χ0v) is 17.4. The van der Waals surface area contributed by atoms with Crippen molar-refractivity contribution in [2.75, 3.05) is 7.11 Å². The highest BCUT2D eigenvalue weighted by atomic mass is 19.1. The minimum atomic E-state index is -0.684. The third kappa shape index (κ3) is 5.03. The van der Waals surface area contributed by atoms with Gasteiger partial charge in [0, 0.05) is 17.8 Å². The van der Waals surface area contributed by atoms with Crippen LogP contribution >= 0.6 is 0 Å². The van der Waals surface area contributed by atoms with E-state index in [1.165, 1.54) is 43.6 Å². The van der Waals surface area contributed by atoms with Crippen LogP contribution in [0.25, 0.3) is 11.4 Å². The SMILES string of the molecule is COc1ccnc(C(=O)N[C@@H](C)c2nc(-c3ccc(F)cc3)no2)c1OC(=O)C(C)C. The van der Waals surface area contributed by atoms with Crippen LogP contribution in [-0.4, -0.2) is 34.1 Å². The third-order valence-electron chi connectivity index (χ3n) is 4.24. The average Bonchev–Trinajstić information content (AvgIpc) is 3.24. The lowest BCUT2D eigenvalue weighted by Crippen LogP contribution is -2.29. The first-order chi connectivity index (χ1) is 14.8. The van der Waals surface area contributed by atoms with E-state index in [0.717, 1.165) is 0 Å². The van der Waals surface area contributed by atoms with Gasteiger partial charge in [0.05, 0.1) is 13.0 Å². The Morgan fingerprint density at radius 1 is 1.13 bits per heavy atom. The molecule has 1 aromatic carbocycles. The fraction of sp³-hybridized carbons (Fsp3) is 0.286. The van der Waals surface area contributed by atoms with Gasteiger partial charge in [0.2, 0.25) is 17.5 Å². The number of hydrogen-bond acceptors (Lipinski definition) is 8. The topological polar surface area (TPSA) is 116 Å². The van der Waals surface area contributed by atoms with Crippen molar-refractivity contribution in [1.82, 2.24) is 20.4 Å². The number of pyridine rings is 1. The first-order valence-electron chi connectivity index (χ1n) is 9.45. The number of methoxy groups -OCH3 is 1. The minimum Gasteiger partial charge on any atom is -0.493 e. The Morgan fingerprint density at radius 2 is 1.84 bits per heavy atom. The van der Waals surface area contributed by atoms with Gasteiger partial charge in [-0.2, -0.15) is 4.98 Å². The number of ether oxygens (including phenoxy) is 2. The molecule has 10 heteroatoms. The Kier molecular flexibility index (Phi) is 6.58. The third-order valence-corrected chi connectivity index (χ3v) is 4.24. The maximum absolute atomic E-state index is 13.1. The van der Waals surface area contributed by atoms with Crippen LogP contribution in [0.2, 0.25) is 0 Å². The molecule has 0 radical (unpaired) electrons. The number of rotatable bonds is 7. The fourth-order valence-corrected chi connectivity index (χ4v) is 2.52. The molecule has 0 fully saturated rings. The summed E-state index contributed by atoms with van der Waals surface area (Å²) in [5, 5.41) is 6.53. The maximum Gasteiger partial charge on any atom is 0.313 e. The van der Waals surface area contributed by atoms with Crippen LogP contribution in [0.5, 0.6) is 11.5 Å². The smallest absolute Gasteiger partial charge is 0.313 e. The Balaban J connectivity index is 1.80. The summed E-state index contributed by atoms with van der Waals surface area (Å²) in [4.78, 5) is 33.2. The van der Waals surface area contributed by atoms with Gasteiger partial charge in [-0.15, -0.1) is 0 Å². The molecule has 2 heterocycles. The van der Waals surface area contributed by atoms with Gasteiger partial charge in [-0.3, -0.25) is 9.59 Å². The fourth-order valence-electron chi connectivity index (χ4n) is 2.52. The predicted octanol–water partition coefficient (Wildman–Crippen LogP) is 3.33. The van der Waals surface area contributed by atoms with E-state index >= 15 is 0 Å². The highest BCUT2D eigenvalue weighted by molar-refractivity contribution is 5.96. The second kappa shape index (κ2) is 9.33. The highest BCUT2D eigenvalue weighted by Gasteiger charge is 2.25. The van der Waals surface area contributed by atoms with Crippen molar-refractivity contribution in [3.05, 3.63) is 53.9 Å². The second-order valence-electron chi connectivity index (χ2n) is 6.93. The average molecular weight is 428 g/mol. The van der Waals surface area contributed by atoms with E-state index in [1.807, 2.05) is 0 Å². The van der Waals surface area contributed by atoms with Gasteiger partial charge >= 0.3 is 5.97 Å². The van der Waals surface area contributed by atoms with Crippen LogP contribution in [0.1, 0.15) is 43.2 Å². The zero-order valence-electron chi connectivity index (χ0n) is 17.4. The van der Waals surface area contributed by atoms with Gasteiger partial charge in [-0.05, 0) is 31.2 Å². The van der Waals surface area contributed by atoms with Gasteiger partial charge in [-0.1, -0.05) is 19.0 Å². The number of nitrogens with one attached hydrogen (secondary N) is 1. The van der Waals surface area contributed by atoms with E-state index in [2.05, 4.69) is 20.4 Å². The molecule has 9 nitrogen and oxygen atoms in total. The molecule has 1 atom stereocenters. The largest absolute Gasteiger partial charge is 0.493 e. The van der Waals surface area contributed by atoms with Crippen LogP contribution in [0.4, 0.5) is 4.39 Å². The molecule has 3 aromatic rings. The molecule has 0 saturated heterocycles. The van der Waals surface area contributed by atoms with Crippen LogP contribution in [0.3, 0.4) is 0 Å². The molecule has 1 amide bonds. The number of esters is 1. The summed E-state index contributed by atoms with van der Waals surface area (Å²) in [7, 11) is 1.39. The monoisotopic (exact) mass is 428 g/mol. The predicted molar refractivity (Wildman–Crippen MR) is 107 cm³/mol. The van der Waals surface area contributed by atoms with E-state index in [4.69, 9.17) is 14.0 Å². The van der Waals surface area contributed by atoms with E-state index in [9.17, 15) is 14.0 Å². The van der Waals surface area contributed by atoms with Gasteiger partial charge in [0.15, 0.2) is 11.4 Å². The Hall–Kier alpha value is -3.82. The number of amides is 1. The van der Waals surface area contributed by atoms with Crippen molar-refractivity contribution in [3.8, 4) is 22.9 Å². The first kappa shape index (κ1) is 21.9. The number of carbonyl (C=O) groups is 2. The van der Waals surface area contributed by atoms with Crippen molar-refractivity contribution in [2.45, 2.75) is 26.8 Å². The molecule has 162 valence electrons. The molecule has 0 aliphatic rings. The van der Waals surface area contributed by atoms with E-state index < -0.39 is 23.8 Å². The molecule has 3 rings (SSSR count). The number of aromatic nitrogens is 3. The van der Waals surface area contributed by atoms with E-state index in [0.29, 0.717) is 5.56 Å². The van der Waals surface area contributed by atoms with Crippen LogP contribution in [0, 0.1) is 11.7 Å². The summed E-state index contributed by atoms with van der Waals surface area (Å²) in [5.74, 6) is -1.45. The molecule has 0 saturated carbocycles. The lowest BCUT2D eigenvalue weighted by atomic mass is 10.2. The molecule has 0 aliphatic heterocycles. The molecule has 2 aromatic heterocycles. The summed E-state index contributed by atoms with van der Waals surface area (Å²) >= 11 is 0. The lowest BCUT2D eigenvalue weighted by molar-refractivity contribution is -0.137. The normalized spacial score (nSPS) is 11.8. The molecule has 31 heavy (non-hydrogen) atoms. The number of carbonyl (C=O) groups excluding carboxylic acids is 2.